The summed E-state index contributed by atoms with van der Waals surface area (Å²) >= 11 is 10.2. The van der Waals surface area contributed by atoms with Crippen molar-refractivity contribution in [1.82, 2.24) is 0 Å². The fourth-order valence-corrected chi connectivity index (χ4v) is 6.04. The fraction of sp³-hybridized carbons (Fsp3) is 1.00. The Labute approximate surface area is 151 Å². The van der Waals surface area contributed by atoms with Crippen molar-refractivity contribution >= 4 is 37.1 Å². The van der Waals surface area contributed by atoms with Crippen LogP contribution >= 0.6 is 13.4 Å². The smallest absolute Gasteiger partial charge is 0.324 e. The third kappa shape index (κ3) is 5.03. The zero-order valence-electron chi connectivity index (χ0n) is 13.3. The quantitative estimate of drug-likeness (QED) is 0.563. The van der Waals surface area contributed by atoms with Crippen LogP contribution in [0.5, 0.6) is 0 Å². The largest absolute Gasteiger partial charge is 0.370 e. The molecule has 3 saturated heterocycles. The minimum absolute atomic E-state index is 0.00802. The van der Waals surface area contributed by atoms with Gasteiger partial charge in [-0.15, -0.1) is 0 Å². The minimum atomic E-state index is -3.45. The summed E-state index contributed by atoms with van der Waals surface area (Å²) in [6.45, 7) is -3.17. The molecular weight excluding hydrogens is 398 g/mol. The van der Waals surface area contributed by atoms with E-state index in [4.69, 9.17) is 51.2 Å². The second-order valence-corrected chi connectivity index (χ2v) is 11.8. The van der Waals surface area contributed by atoms with Gasteiger partial charge >= 0.3 is 13.4 Å². The van der Waals surface area contributed by atoms with Crippen LogP contribution in [0.15, 0.2) is 0 Å². The molecule has 140 valence electrons. The van der Waals surface area contributed by atoms with Crippen LogP contribution in [0, 0.1) is 0 Å². The van der Waals surface area contributed by atoms with Crippen molar-refractivity contribution in [2.45, 2.75) is 63.3 Å². The lowest BCUT2D eigenvalue weighted by Crippen LogP contribution is -2.32. The number of fused-ring (bicyclic) bond motifs is 2. The van der Waals surface area contributed by atoms with Gasteiger partial charge in [-0.1, -0.05) is 0 Å². The van der Waals surface area contributed by atoms with E-state index in [0.717, 1.165) is 0 Å². The second kappa shape index (κ2) is 7.54. The van der Waals surface area contributed by atoms with Crippen molar-refractivity contribution in [3.8, 4) is 0 Å². The maximum absolute atomic E-state index is 10.3. The first-order valence-corrected chi connectivity index (χ1v) is 12.9. The Morgan fingerprint density at radius 1 is 0.750 bits per heavy atom. The molecule has 8 nitrogen and oxygen atoms in total. The van der Waals surface area contributed by atoms with Gasteiger partial charge in [0.1, 0.15) is 12.2 Å². The Hall–Kier alpha value is 0.980. The van der Waals surface area contributed by atoms with Gasteiger partial charge in [0.15, 0.2) is 0 Å². The van der Waals surface area contributed by atoms with Crippen molar-refractivity contribution in [1.29, 1.82) is 0 Å². The molecule has 0 amide bonds. The summed E-state index contributed by atoms with van der Waals surface area (Å²) in [6.07, 6.45) is -1.13. The Morgan fingerprint density at radius 3 is 1.50 bits per heavy atom. The van der Waals surface area contributed by atoms with Gasteiger partial charge in [0, 0.05) is 12.8 Å². The van der Waals surface area contributed by atoms with E-state index in [2.05, 4.69) is 0 Å². The maximum atomic E-state index is 10.3. The first-order chi connectivity index (χ1) is 11.1. The monoisotopic (exact) mass is 420 g/mol. The number of ether oxygens (including phenoxy) is 2. The summed E-state index contributed by atoms with van der Waals surface area (Å²) in [4.78, 5) is 20.6. The van der Waals surface area contributed by atoms with E-state index >= 15 is 0 Å². The molecule has 0 aromatic rings. The fourth-order valence-electron chi connectivity index (χ4n) is 3.09. The van der Waals surface area contributed by atoms with Crippen LogP contribution in [-0.2, 0) is 51.2 Å². The molecule has 3 aliphatic heterocycles. The molecule has 0 radical (unpaired) electrons. The molecule has 0 aromatic heterocycles. The van der Waals surface area contributed by atoms with Crippen molar-refractivity contribution < 1.29 is 37.4 Å². The Kier molecular flexibility index (Phi) is 6.20. The first-order valence-electron chi connectivity index (χ1n) is 7.76. The van der Waals surface area contributed by atoms with E-state index < -0.39 is 37.9 Å². The molecule has 3 aliphatic rings. The highest BCUT2D eigenvalue weighted by Gasteiger charge is 2.43. The van der Waals surface area contributed by atoms with Crippen molar-refractivity contribution in [3.05, 3.63) is 0 Å². The molecule has 0 spiro atoms. The molecular formula is C12H22O8P2S2. The maximum Gasteiger partial charge on any atom is 0.324 e. The van der Waals surface area contributed by atoms with E-state index in [1.807, 2.05) is 13.8 Å². The lowest BCUT2D eigenvalue weighted by molar-refractivity contribution is -0.0378. The highest BCUT2D eigenvalue weighted by Crippen LogP contribution is 2.52. The summed E-state index contributed by atoms with van der Waals surface area (Å²) < 4.78 is 33.5. The predicted molar refractivity (Wildman–Crippen MR) is 92.6 cm³/mol. The standard InChI is InChI=1S/C12H22O8P2S2/c1-7-3-9-11(17-7)5-15-22(14,24)20-10-4-8(2)18-12(10)6-16-21(13,23)19-9/h7-12H,3-6H2,1-2H3,(H,13,23)(H,14,24)/t7-,8-,9-,10-,11+,12+,21?,22?/m0/s1. The molecule has 3 fully saturated rings. The Morgan fingerprint density at radius 2 is 1.12 bits per heavy atom. The number of hydrogen-bond donors (Lipinski definition) is 2. The van der Waals surface area contributed by atoms with Crippen LogP contribution in [0.25, 0.3) is 0 Å². The Balaban J connectivity index is 1.79. The zero-order chi connectivity index (χ0) is 17.5. The average molecular weight is 420 g/mol. The van der Waals surface area contributed by atoms with E-state index in [-0.39, 0.29) is 25.4 Å². The van der Waals surface area contributed by atoms with Gasteiger partial charge in [-0.3, -0.25) is 0 Å². The van der Waals surface area contributed by atoms with Gasteiger partial charge in [-0.2, -0.15) is 0 Å². The van der Waals surface area contributed by atoms with Gasteiger partial charge in [0.2, 0.25) is 0 Å². The van der Waals surface area contributed by atoms with Gasteiger partial charge < -0.3 is 37.4 Å². The normalized spacial score (nSPS) is 53.7. The van der Waals surface area contributed by atoms with Gasteiger partial charge in [0.25, 0.3) is 0 Å². The highest BCUT2D eigenvalue weighted by atomic mass is 32.5. The number of rotatable bonds is 0. The van der Waals surface area contributed by atoms with Gasteiger partial charge in [0.05, 0.1) is 37.6 Å². The summed E-state index contributed by atoms with van der Waals surface area (Å²) in [5, 5.41) is 0. The molecule has 3 heterocycles. The summed E-state index contributed by atoms with van der Waals surface area (Å²) in [5.74, 6) is 0. The van der Waals surface area contributed by atoms with Crippen LogP contribution in [-0.4, -0.2) is 59.6 Å². The Bertz CT molecular complexity index is 515. The van der Waals surface area contributed by atoms with Crippen LogP contribution in [0.3, 0.4) is 0 Å². The molecule has 2 unspecified atom stereocenters. The van der Waals surface area contributed by atoms with Crippen LogP contribution in [0.1, 0.15) is 26.7 Å². The molecule has 8 atom stereocenters. The SMILES string of the molecule is C[C@H]1C[C@@H]2OP(O)(=S)OC[C@H]3O[C@@H](C)C[C@@H]3OP(O)(=S)OC[C@H]2O1. The molecule has 0 aliphatic carbocycles. The zero-order valence-corrected chi connectivity index (χ0v) is 16.8. The van der Waals surface area contributed by atoms with E-state index in [1.165, 1.54) is 0 Å². The molecule has 3 rings (SSSR count). The third-order valence-corrected chi connectivity index (χ3v) is 7.29. The molecule has 0 aromatic carbocycles. The van der Waals surface area contributed by atoms with E-state index in [0.29, 0.717) is 12.8 Å². The summed E-state index contributed by atoms with van der Waals surface area (Å²) in [6, 6.07) is 0. The van der Waals surface area contributed by atoms with Gasteiger partial charge in [-0.25, -0.2) is 0 Å². The molecule has 0 bridgehead atoms. The predicted octanol–water partition coefficient (Wildman–Crippen LogP) is 1.59. The number of hydrogen-bond acceptors (Lipinski definition) is 8. The molecule has 12 heteroatoms. The molecule has 24 heavy (non-hydrogen) atoms. The second-order valence-electron chi connectivity index (χ2n) is 6.26. The van der Waals surface area contributed by atoms with Crippen LogP contribution < -0.4 is 0 Å². The van der Waals surface area contributed by atoms with Crippen LogP contribution in [0.2, 0.25) is 0 Å². The minimum Gasteiger partial charge on any atom is -0.370 e. The van der Waals surface area contributed by atoms with Crippen molar-refractivity contribution in [2.24, 2.45) is 0 Å². The molecule has 2 N–H and O–H groups in total. The highest BCUT2D eigenvalue weighted by molar-refractivity contribution is 8.07. The van der Waals surface area contributed by atoms with Crippen LogP contribution in [0.4, 0.5) is 0 Å². The van der Waals surface area contributed by atoms with Crippen molar-refractivity contribution in [3.63, 3.8) is 0 Å². The van der Waals surface area contributed by atoms with Gasteiger partial charge in [-0.05, 0) is 37.5 Å². The average Bonchev–Trinajstić information content (AvgIpc) is 2.95. The summed E-state index contributed by atoms with van der Waals surface area (Å²) in [5.41, 5.74) is 0. The van der Waals surface area contributed by atoms with E-state index in [9.17, 15) is 9.79 Å². The molecule has 0 saturated carbocycles. The lowest BCUT2D eigenvalue weighted by Gasteiger charge is -2.29. The lowest BCUT2D eigenvalue weighted by atomic mass is 10.1. The van der Waals surface area contributed by atoms with E-state index in [1.54, 1.807) is 0 Å². The summed E-state index contributed by atoms with van der Waals surface area (Å²) in [7, 11) is 0. The third-order valence-electron chi connectivity index (χ3n) is 4.11. The van der Waals surface area contributed by atoms with Crippen molar-refractivity contribution in [2.75, 3.05) is 13.2 Å². The topological polar surface area (TPSA) is 95.8 Å². The first kappa shape index (κ1) is 19.7.